The van der Waals surface area contributed by atoms with Gasteiger partial charge in [-0.2, -0.15) is 0 Å². The molecule has 0 bridgehead atoms. The Balaban J connectivity index is 1.69. The van der Waals surface area contributed by atoms with Gasteiger partial charge in [-0.25, -0.2) is 0 Å². The fourth-order valence-electron chi connectivity index (χ4n) is 3.39. The molecule has 2 amide bonds. The third-order valence-corrected chi connectivity index (χ3v) is 8.28. The van der Waals surface area contributed by atoms with Gasteiger partial charge in [-0.1, -0.05) is 48.3 Å². The van der Waals surface area contributed by atoms with Crippen LogP contribution in [0.2, 0.25) is 5.02 Å². The average molecular weight is 684 g/mol. The molecule has 1 fully saturated rings. The van der Waals surface area contributed by atoms with Crippen molar-refractivity contribution in [2.45, 2.75) is 20.8 Å². The number of benzene rings is 2. The second-order valence-electron chi connectivity index (χ2n) is 8.40. The molecule has 1 aliphatic rings. The van der Waals surface area contributed by atoms with Gasteiger partial charge in [0.15, 0.2) is 0 Å². The maximum atomic E-state index is 12.8. The lowest BCUT2D eigenvalue weighted by Gasteiger charge is -2.39. The summed E-state index contributed by atoms with van der Waals surface area (Å²) in [5.74, 6) is -0.0327. The molecule has 9 heteroatoms. The summed E-state index contributed by atoms with van der Waals surface area (Å²) in [5, 5.41) is 3.49. The third kappa shape index (κ3) is 5.94. The summed E-state index contributed by atoms with van der Waals surface area (Å²) >= 11 is 15.6. The molecule has 31 heavy (non-hydrogen) atoms. The zero-order valence-electron chi connectivity index (χ0n) is 17.4. The first-order chi connectivity index (χ1) is 14.5. The van der Waals surface area contributed by atoms with Crippen LogP contribution in [0.25, 0.3) is 0 Å². The molecule has 0 aromatic heterocycles. The Bertz CT molecular complexity index is 1020. The topological polar surface area (TPSA) is 52.7 Å². The first-order valence-corrected chi connectivity index (χ1v) is 12.8. The molecule has 0 saturated carbocycles. The fourth-order valence-corrected chi connectivity index (χ4v) is 5.47. The number of carbonyl (C=O) groups is 2. The second-order valence-corrected chi connectivity index (χ2v) is 11.7. The van der Waals surface area contributed by atoms with E-state index in [1.54, 1.807) is 12.1 Å². The predicted octanol–water partition coefficient (Wildman–Crippen LogP) is 6.42. The summed E-state index contributed by atoms with van der Waals surface area (Å²) in [5.41, 5.74) is 1.73. The zero-order valence-corrected chi connectivity index (χ0v) is 23.5. The van der Waals surface area contributed by atoms with E-state index >= 15 is 0 Å². The highest BCUT2D eigenvalue weighted by molar-refractivity contribution is 14.1. The fraction of sp³-hybridized carbons (Fsp3) is 0.364. The molecule has 0 radical (unpaired) electrons. The number of halogens is 4. The van der Waals surface area contributed by atoms with Crippen LogP contribution in [0.5, 0.6) is 0 Å². The van der Waals surface area contributed by atoms with Crippen LogP contribution in [0.1, 0.15) is 31.1 Å². The average Bonchev–Trinajstić information content (AvgIpc) is 2.69. The van der Waals surface area contributed by atoms with E-state index in [0.717, 1.165) is 31.3 Å². The minimum Gasteiger partial charge on any atom is -0.367 e. The molecule has 0 spiro atoms. The van der Waals surface area contributed by atoms with E-state index in [0.29, 0.717) is 29.4 Å². The van der Waals surface area contributed by atoms with Gasteiger partial charge in [0.05, 0.1) is 16.3 Å². The molecular weight excluding hydrogens is 660 g/mol. The van der Waals surface area contributed by atoms with Gasteiger partial charge >= 0.3 is 0 Å². The van der Waals surface area contributed by atoms with Crippen molar-refractivity contribution in [3.05, 3.63) is 53.4 Å². The largest absolute Gasteiger partial charge is 0.367 e. The van der Waals surface area contributed by atoms with Gasteiger partial charge in [0.1, 0.15) is 0 Å². The van der Waals surface area contributed by atoms with Crippen molar-refractivity contribution < 1.29 is 9.59 Å². The van der Waals surface area contributed by atoms with Crippen molar-refractivity contribution in [3.63, 3.8) is 0 Å². The lowest BCUT2D eigenvalue weighted by Crippen LogP contribution is -2.51. The summed E-state index contributed by atoms with van der Waals surface area (Å²) in [6, 6.07) is 9.23. The number of hydrogen-bond donors (Lipinski definition) is 1. The van der Waals surface area contributed by atoms with E-state index in [1.165, 1.54) is 0 Å². The zero-order chi connectivity index (χ0) is 22.9. The van der Waals surface area contributed by atoms with Crippen LogP contribution in [0.4, 0.5) is 11.4 Å². The van der Waals surface area contributed by atoms with Gasteiger partial charge in [-0.15, -0.1) is 0 Å². The van der Waals surface area contributed by atoms with E-state index in [9.17, 15) is 9.59 Å². The number of carbonyl (C=O) groups excluding carboxylic acids is 2. The van der Waals surface area contributed by atoms with Crippen molar-refractivity contribution in [2.24, 2.45) is 5.41 Å². The van der Waals surface area contributed by atoms with Gasteiger partial charge in [0.25, 0.3) is 5.91 Å². The highest BCUT2D eigenvalue weighted by atomic mass is 127. The normalized spacial score (nSPS) is 14.5. The molecule has 1 heterocycles. The van der Waals surface area contributed by atoms with Crippen LogP contribution in [0, 0.1) is 8.99 Å². The van der Waals surface area contributed by atoms with Crippen LogP contribution < -0.4 is 10.2 Å². The van der Waals surface area contributed by atoms with Gasteiger partial charge in [0, 0.05) is 49.8 Å². The van der Waals surface area contributed by atoms with Crippen molar-refractivity contribution in [1.82, 2.24) is 4.90 Å². The van der Waals surface area contributed by atoms with Crippen molar-refractivity contribution >= 4 is 89.2 Å². The Morgan fingerprint density at radius 1 is 1.06 bits per heavy atom. The first-order valence-electron chi connectivity index (χ1n) is 9.77. The number of piperazine rings is 1. The Kier molecular flexibility index (Phi) is 7.97. The third-order valence-electron chi connectivity index (χ3n) is 4.99. The summed E-state index contributed by atoms with van der Waals surface area (Å²) in [7, 11) is 0. The SMILES string of the molecule is CC(C)(C)C(=O)N1CCN(c2ccc(NC(=O)c3cc(Br)cc(Br)c3I)cc2Cl)CC1. The van der Waals surface area contributed by atoms with Crippen LogP contribution in [0.3, 0.4) is 0 Å². The minimum absolute atomic E-state index is 0.171. The Labute approximate surface area is 218 Å². The van der Waals surface area contributed by atoms with Crippen LogP contribution in [0.15, 0.2) is 39.3 Å². The molecule has 0 atom stereocenters. The predicted molar refractivity (Wildman–Crippen MR) is 142 cm³/mol. The standard InChI is InChI=1S/C22H23Br2ClIN3O2/c1-22(2,3)21(31)29-8-6-28(7-9-29)18-5-4-14(12-17(18)25)27-20(30)15-10-13(23)11-16(24)19(15)26/h4-5,10-12H,6-9H2,1-3H3,(H,27,30). The number of nitrogens with zero attached hydrogens (tertiary/aromatic N) is 2. The molecule has 2 aromatic carbocycles. The molecule has 1 N–H and O–H groups in total. The lowest BCUT2D eigenvalue weighted by atomic mass is 9.94. The van der Waals surface area contributed by atoms with Crippen molar-refractivity contribution in [2.75, 3.05) is 36.4 Å². The van der Waals surface area contributed by atoms with E-state index in [-0.39, 0.29) is 17.2 Å². The molecule has 5 nitrogen and oxygen atoms in total. The first kappa shape index (κ1) is 24.8. The number of anilines is 2. The Hall–Kier alpha value is -0.840. The maximum Gasteiger partial charge on any atom is 0.256 e. The van der Waals surface area contributed by atoms with E-state index in [2.05, 4.69) is 64.7 Å². The molecule has 166 valence electrons. The number of rotatable bonds is 3. The molecule has 0 aliphatic carbocycles. The number of hydrogen-bond acceptors (Lipinski definition) is 3. The van der Waals surface area contributed by atoms with Gasteiger partial charge < -0.3 is 15.1 Å². The quantitative estimate of drug-likeness (QED) is 0.301. The molecule has 1 saturated heterocycles. The van der Waals surface area contributed by atoms with E-state index < -0.39 is 0 Å². The van der Waals surface area contributed by atoms with Crippen LogP contribution >= 0.6 is 66.1 Å². The van der Waals surface area contributed by atoms with Gasteiger partial charge in [-0.05, 0) is 68.9 Å². The van der Waals surface area contributed by atoms with E-state index in [4.69, 9.17) is 11.6 Å². The molecule has 3 rings (SSSR count). The highest BCUT2D eigenvalue weighted by Gasteiger charge is 2.30. The van der Waals surface area contributed by atoms with Crippen molar-refractivity contribution in [3.8, 4) is 0 Å². The number of amides is 2. The van der Waals surface area contributed by atoms with Crippen molar-refractivity contribution in [1.29, 1.82) is 0 Å². The maximum absolute atomic E-state index is 12.8. The molecular formula is C22H23Br2ClIN3O2. The van der Waals surface area contributed by atoms with Gasteiger partial charge in [-0.3, -0.25) is 9.59 Å². The monoisotopic (exact) mass is 681 g/mol. The lowest BCUT2D eigenvalue weighted by molar-refractivity contribution is -0.139. The second kappa shape index (κ2) is 9.97. The highest BCUT2D eigenvalue weighted by Crippen LogP contribution is 2.32. The summed E-state index contributed by atoms with van der Waals surface area (Å²) < 4.78 is 2.51. The molecule has 2 aromatic rings. The summed E-state index contributed by atoms with van der Waals surface area (Å²) in [6.45, 7) is 8.61. The van der Waals surface area contributed by atoms with E-state index in [1.807, 2.05) is 43.9 Å². The Morgan fingerprint density at radius 2 is 1.71 bits per heavy atom. The summed E-state index contributed by atoms with van der Waals surface area (Å²) in [6.07, 6.45) is 0. The molecule has 1 aliphatic heterocycles. The number of nitrogens with one attached hydrogen (secondary N) is 1. The minimum atomic E-state index is -0.374. The smallest absolute Gasteiger partial charge is 0.256 e. The van der Waals surface area contributed by atoms with Crippen LogP contribution in [-0.4, -0.2) is 42.9 Å². The van der Waals surface area contributed by atoms with Crippen LogP contribution in [-0.2, 0) is 4.79 Å². The van der Waals surface area contributed by atoms with Gasteiger partial charge in [0.2, 0.25) is 5.91 Å². The Morgan fingerprint density at radius 3 is 2.29 bits per heavy atom. The summed E-state index contributed by atoms with van der Waals surface area (Å²) in [4.78, 5) is 29.4. The molecule has 0 unspecified atom stereocenters.